The molecule has 0 bridgehead atoms. The van der Waals surface area contributed by atoms with Crippen LogP contribution in [0.15, 0.2) is 33.8 Å². The van der Waals surface area contributed by atoms with E-state index in [-0.39, 0.29) is 42.4 Å². The Morgan fingerprint density at radius 3 is 2.78 bits per heavy atom. The standard InChI is InChI=1S/C18H26FN5O2.HI/c1-4-20-18(21-11-10-14-8-6-7-9-15(14)19)22-12-16-23-17(24-26-16)13(3)25-5-2;/h6-9,13H,4-5,10-12H2,1-3H3,(H2,20,21,22);1H. The second-order valence-electron chi connectivity index (χ2n) is 5.61. The number of hydrogen-bond acceptors (Lipinski definition) is 5. The first-order valence-corrected chi connectivity index (χ1v) is 8.83. The summed E-state index contributed by atoms with van der Waals surface area (Å²) < 4.78 is 24.3. The molecule has 0 aliphatic carbocycles. The molecular weight excluding hydrogens is 464 g/mol. The Labute approximate surface area is 176 Å². The Morgan fingerprint density at radius 2 is 2.07 bits per heavy atom. The summed E-state index contributed by atoms with van der Waals surface area (Å²) in [5.41, 5.74) is 0.669. The van der Waals surface area contributed by atoms with Gasteiger partial charge in [0.25, 0.3) is 0 Å². The third-order valence-electron chi connectivity index (χ3n) is 3.63. The molecule has 0 saturated carbocycles. The Kier molecular flexibility index (Phi) is 10.9. The summed E-state index contributed by atoms with van der Waals surface area (Å²) in [4.78, 5) is 8.70. The van der Waals surface area contributed by atoms with E-state index in [2.05, 4.69) is 25.8 Å². The van der Waals surface area contributed by atoms with Crippen molar-refractivity contribution in [1.82, 2.24) is 20.8 Å². The summed E-state index contributed by atoms with van der Waals surface area (Å²) in [5, 5.41) is 10.2. The van der Waals surface area contributed by atoms with Crippen molar-refractivity contribution in [3.63, 3.8) is 0 Å². The summed E-state index contributed by atoms with van der Waals surface area (Å²) in [7, 11) is 0. The number of aromatic nitrogens is 2. The largest absolute Gasteiger partial charge is 0.371 e. The highest BCUT2D eigenvalue weighted by atomic mass is 127. The quantitative estimate of drug-likeness (QED) is 0.319. The van der Waals surface area contributed by atoms with Crippen LogP contribution >= 0.6 is 24.0 Å². The lowest BCUT2D eigenvalue weighted by molar-refractivity contribution is 0.0683. The fourth-order valence-electron chi connectivity index (χ4n) is 2.33. The molecule has 0 aliphatic heterocycles. The third-order valence-corrected chi connectivity index (χ3v) is 3.63. The van der Waals surface area contributed by atoms with Crippen LogP contribution in [0.25, 0.3) is 0 Å². The van der Waals surface area contributed by atoms with Crippen LogP contribution in [0.3, 0.4) is 0 Å². The molecular formula is C18H27FIN5O2. The van der Waals surface area contributed by atoms with E-state index in [1.807, 2.05) is 26.8 Å². The Balaban J connectivity index is 0.00000364. The summed E-state index contributed by atoms with van der Waals surface area (Å²) in [6.07, 6.45) is 0.349. The predicted molar refractivity (Wildman–Crippen MR) is 113 cm³/mol. The molecule has 7 nitrogen and oxygen atoms in total. The average molecular weight is 491 g/mol. The first-order valence-electron chi connectivity index (χ1n) is 8.83. The zero-order chi connectivity index (χ0) is 18.8. The fraction of sp³-hybridized carbons (Fsp3) is 0.500. The average Bonchev–Trinajstić information content (AvgIpc) is 3.10. The van der Waals surface area contributed by atoms with Crippen LogP contribution in [0.5, 0.6) is 0 Å². The van der Waals surface area contributed by atoms with Crippen molar-refractivity contribution in [3.05, 3.63) is 47.4 Å². The smallest absolute Gasteiger partial charge is 0.248 e. The molecule has 0 saturated heterocycles. The number of nitrogens with one attached hydrogen (secondary N) is 2. The maximum absolute atomic E-state index is 13.6. The summed E-state index contributed by atoms with van der Waals surface area (Å²) in [6.45, 7) is 7.86. The number of ether oxygens (including phenoxy) is 1. The van der Waals surface area contributed by atoms with Gasteiger partial charge < -0.3 is 19.9 Å². The molecule has 0 amide bonds. The number of rotatable bonds is 9. The normalized spacial score (nSPS) is 12.4. The van der Waals surface area contributed by atoms with Crippen LogP contribution < -0.4 is 10.6 Å². The van der Waals surface area contributed by atoms with E-state index < -0.39 is 0 Å². The summed E-state index contributed by atoms with van der Waals surface area (Å²) in [6, 6.07) is 6.75. The molecule has 0 aliphatic rings. The minimum atomic E-state index is -0.214. The van der Waals surface area contributed by atoms with E-state index in [1.165, 1.54) is 6.07 Å². The van der Waals surface area contributed by atoms with Gasteiger partial charge in [-0.1, -0.05) is 23.4 Å². The number of guanidine groups is 1. The molecule has 1 aromatic heterocycles. The maximum Gasteiger partial charge on any atom is 0.248 e. The van der Waals surface area contributed by atoms with Gasteiger partial charge >= 0.3 is 0 Å². The van der Waals surface area contributed by atoms with Crippen molar-refractivity contribution in [2.24, 2.45) is 4.99 Å². The molecule has 27 heavy (non-hydrogen) atoms. The van der Waals surface area contributed by atoms with Crippen LogP contribution in [0.4, 0.5) is 4.39 Å². The van der Waals surface area contributed by atoms with Gasteiger partial charge in [0.05, 0.1) is 0 Å². The van der Waals surface area contributed by atoms with E-state index in [0.29, 0.717) is 49.4 Å². The molecule has 0 spiro atoms. The fourth-order valence-corrected chi connectivity index (χ4v) is 2.33. The van der Waals surface area contributed by atoms with Gasteiger partial charge in [-0.3, -0.25) is 0 Å². The van der Waals surface area contributed by atoms with Gasteiger partial charge in [-0.15, -0.1) is 24.0 Å². The Hall–Kier alpha value is -1.75. The van der Waals surface area contributed by atoms with E-state index in [9.17, 15) is 4.39 Å². The summed E-state index contributed by atoms with van der Waals surface area (Å²) >= 11 is 0. The van der Waals surface area contributed by atoms with Crippen molar-refractivity contribution < 1.29 is 13.7 Å². The van der Waals surface area contributed by atoms with Crippen molar-refractivity contribution in [3.8, 4) is 0 Å². The maximum atomic E-state index is 13.6. The van der Waals surface area contributed by atoms with Crippen LogP contribution in [-0.4, -0.2) is 35.8 Å². The van der Waals surface area contributed by atoms with E-state index >= 15 is 0 Å². The zero-order valence-corrected chi connectivity index (χ0v) is 18.2. The van der Waals surface area contributed by atoms with Gasteiger partial charge in [0.2, 0.25) is 5.89 Å². The lowest BCUT2D eigenvalue weighted by Crippen LogP contribution is -2.38. The molecule has 2 N–H and O–H groups in total. The number of halogens is 2. The number of nitrogens with zero attached hydrogens (tertiary/aromatic N) is 3. The molecule has 0 fully saturated rings. The first kappa shape index (κ1) is 23.3. The number of aliphatic imine (C=N–C) groups is 1. The Morgan fingerprint density at radius 1 is 1.30 bits per heavy atom. The van der Waals surface area contributed by atoms with E-state index in [0.717, 1.165) is 0 Å². The van der Waals surface area contributed by atoms with Crippen LogP contribution in [0.2, 0.25) is 0 Å². The van der Waals surface area contributed by atoms with Crippen LogP contribution in [0.1, 0.15) is 44.2 Å². The number of hydrogen-bond donors (Lipinski definition) is 2. The second kappa shape index (κ2) is 12.6. The van der Waals surface area contributed by atoms with Crippen molar-refractivity contribution in [2.75, 3.05) is 19.7 Å². The zero-order valence-electron chi connectivity index (χ0n) is 15.9. The lowest BCUT2D eigenvalue weighted by atomic mass is 10.1. The van der Waals surface area contributed by atoms with Gasteiger partial charge in [-0.2, -0.15) is 4.98 Å². The molecule has 1 heterocycles. The molecule has 150 valence electrons. The van der Waals surface area contributed by atoms with E-state index in [4.69, 9.17) is 9.26 Å². The van der Waals surface area contributed by atoms with Crippen LogP contribution in [0, 0.1) is 5.82 Å². The monoisotopic (exact) mass is 491 g/mol. The van der Waals surface area contributed by atoms with Crippen LogP contribution in [-0.2, 0) is 17.7 Å². The highest BCUT2D eigenvalue weighted by Gasteiger charge is 2.13. The van der Waals surface area contributed by atoms with Gasteiger partial charge in [0.15, 0.2) is 11.8 Å². The van der Waals surface area contributed by atoms with E-state index in [1.54, 1.807) is 12.1 Å². The lowest BCUT2D eigenvalue weighted by Gasteiger charge is -2.11. The van der Waals surface area contributed by atoms with Gasteiger partial charge in [0.1, 0.15) is 18.5 Å². The second-order valence-corrected chi connectivity index (χ2v) is 5.61. The molecule has 0 radical (unpaired) electrons. The highest BCUT2D eigenvalue weighted by Crippen LogP contribution is 2.13. The molecule has 1 unspecified atom stereocenters. The molecule has 9 heteroatoms. The molecule has 2 rings (SSSR count). The first-order chi connectivity index (χ1) is 12.6. The summed E-state index contributed by atoms with van der Waals surface area (Å²) in [5.74, 6) is 1.34. The third kappa shape index (κ3) is 7.79. The highest BCUT2D eigenvalue weighted by molar-refractivity contribution is 14.0. The SMILES string of the molecule is CCNC(=NCc1nc(C(C)OCC)no1)NCCc1ccccc1F.I. The van der Waals surface area contributed by atoms with Crippen molar-refractivity contribution in [2.45, 2.75) is 39.8 Å². The minimum Gasteiger partial charge on any atom is -0.371 e. The van der Waals surface area contributed by atoms with Gasteiger partial charge in [-0.05, 0) is 38.8 Å². The topological polar surface area (TPSA) is 84.6 Å². The molecule has 1 aromatic carbocycles. The molecule has 2 aromatic rings. The number of benzene rings is 1. The van der Waals surface area contributed by atoms with Crippen molar-refractivity contribution in [1.29, 1.82) is 0 Å². The van der Waals surface area contributed by atoms with Gasteiger partial charge in [-0.25, -0.2) is 9.38 Å². The predicted octanol–water partition coefficient (Wildman–Crippen LogP) is 3.22. The molecule has 1 atom stereocenters. The van der Waals surface area contributed by atoms with Crippen molar-refractivity contribution >= 4 is 29.9 Å². The minimum absolute atomic E-state index is 0. The van der Waals surface area contributed by atoms with Gasteiger partial charge in [0, 0.05) is 19.7 Å². The Bertz CT molecular complexity index is 711.